The lowest BCUT2D eigenvalue weighted by Crippen LogP contribution is -2.29. The summed E-state index contributed by atoms with van der Waals surface area (Å²) >= 11 is 6.18. The van der Waals surface area contributed by atoms with Gasteiger partial charge < -0.3 is 14.6 Å². The van der Waals surface area contributed by atoms with Crippen molar-refractivity contribution in [2.24, 2.45) is 0 Å². The zero-order chi connectivity index (χ0) is 23.0. The van der Waals surface area contributed by atoms with Crippen molar-refractivity contribution in [3.8, 4) is 17.1 Å². The highest BCUT2D eigenvalue weighted by molar-refractivity contribution is 6.30. The highest BCUT2D eigenvalue weighted by Gasteiger charge is 2.17. The van der Waals surface area contributed by atoms with Gasteiger partial charge in [-0.3, -0.25) is 4.79 Å². The number of carbonyl (C=O) groups excluding carboxylic acids is 1. The molecule has 0 aliphatic carbocycles. The maximum atomic E-state index is 12.7. The molecule has 0 saturated carbocycles. The number of methoxy groups -OCH3 is 1. The lowest BCUT2D eigenvalue weighted by atomic mass is 9.98. The van der Waals surface area contributed by atoms with Gasteiger partial charge in [0, 0.05) is 23.4 Å². The summed E-state index contributed by atoms with van der Waals surface area (Å²) in [6.45, 7) is 0. The van der Waals surface area contributed by atoms with Gasteiger partial charge in [0.1, 0.15) is 5.75 Å². The van der Waals surface area contributed by atoms with Gasteiger partial charge in [-0.05, 0) is 53.9 Å². The molecule has 6 nitrogen and oxygen atoms in total. The third-order valence-corrected chi connectivity index (χ3v) is 5.47. The van der Waals surface area contributed by atoms with Gasteiger partial charge in [0.2, 0.25) is 17.6 Å². The smallest absolute Gasteiger partial charge is 0.226 e. The summed E-state index contributed by atoms with van der Waals surface area (Å²) in [7, 11) is 1.62. The number of carbonyl (C=O) groups is 1. The fraction of sp³-hybridized carbons (Fsp3) is 0.192. The normalized spacial score (nSPS) is 11.7. The predicted molar refractivity (Wildman–Crippen MR) is 127 cm³/mol. The number of halogens is 1. The Balaban J connectivity index is 1.35. The summed E-state index contributed by atoms with van der Waals surface area (Å²) in [5.41, 5.74) is 2.77. The highest BCUT2D eigenvalue weighted by atomic mass is 35.5. The number of rotatable bonds is 9. The standard InChI is InChI=1S/C26H24ClN3O3/c1-32-22-15-13-19(14-16-22)26-29-24(33-30-26)12-6-11-23(31)28-25(18-7-3-2-4-8-18)20-9-5-10-21(27)17-20/h2-5,7-10,13-17,25H,6,11-12H2,1H3,(H,28,31). The molecule has 0 bridgehead atoms. The molecule has 1 atom stereocenters. The molecule has 0 aliphatic rings. The van der Waals surface area contributed by atoms with Crippen LogP contribution in [-0.4, -0.2) is 23.2 Å². The van der Waals surface area contributed by atoms with Crippen molar-refractivity contribution in [3.63, 3.8) is 0 Å². The summed E-state index contributed by atoms with van der Waals surface area (Å²) in [5.74, 6) is 1.73. The molecule has 3 aromatic carbocycles. The van der Waals surface area contributed by atoms with E-state index in [1.54, 1.807) is 7.11 Å². The number of nitrogens with zero attached hydrogens (tertiary/aromatic N) is 2. The van der Waals surface area contributed by atoms with Crippen molar-refractivity contribution < 1.29 is 14.1 Å². The van der Waals surface area contributed by atoms with E-state index in [9.17, 15) is 4.79 Å². The van der Waals surface area contributed by atoms with E-state index in [1.165, 1.54) is 0 Å². The minimum absolute atomic E-state index is 0.0567. The van der Waals surface area contributed by atoms with Crippen LogP contribution in [0, 0.1) is 0 Å². The molecule has 168 valence electrons. The van der Waals surface area contributed by atoms with E-state index in [1.807, 2.05) is 78.9 Å². The van der Waals surface area contributed by atoms with Crippen LogP contribution < -0.4 is 10.1 Å². The molecule has 0 radical (unpaired) electrons. The average molecular weight is 462 g/mol. The molecule has 0 spiro atoms. The molecule has 1 amide bonds. The van der Waals surface area contributed by atoms with Crippen LogP contribution in [-0.2, 0) is 11.2 Å². The zero-order valence-corrected chi connectivity index (χ0v) is 19.0. The van der Waals surface area contributed by atoms with Crippen molar-refractivity contribution in [1.29, 1.82) is 0 Å². The summed E-state index contributed by atoms with van der Waals surface area (Å²) in [4.78, 5) is 17.2. The minimum Gasteiger partial charge on any atom is -0.497 e. The van der Waals surface area contributed by atoms with Crippen LogP contribution in [0.1, 0.15) is 35.9 Å². The molecule has 0 aliphatic heterocycles. The van der Waals surface area contributed by atoms with Crippen molar-refractivity contribution in [3.05, 3.63) is 101 Å². The third kappa shape index (κ3) is 5.99. The predicted octanol–water partition coefficient (Wildman–Crippen LogP) is 5.63. The van der Waals surface area contributed by atoms with E-state index in [-0.39, 0.29) is 11.9 Å². The molecule has 1 N–H and O–H groups in total. The van der Waals surface area contributed by atoms with E-state index in [4.69, 9.17) is 20.9 Å². The number of aromatic nitrogens is 2. The topological polar surface area (TPSA) is 77.2 Å². The Morgan fingerprint density at radius 2 is 1.79 bits per heavy atom. The molecule has 7 heteroatoms. The Kier molecular flexibility index (Phi) is 7.37. The fourth-order valence-electron chi connectivity index (χ4n) is 3.54. The van der Waals surface area contributed by atoms with Gasteiger partial charge in [-0.2, -0.15) is 4.98 Å². The summed E-state index contributed by atoms with van der Waals surface area (Å²) in [6.07, 6.45) is 1.45. The zero-order valence-electron chi connectivity index (χ0n) is 18.2. The van der Waals surface area contributed by atoms with Crippen molar-refractivity contribution in [2.75, 3.05) is 7.11 Å². The number of hydrogen-bond donors (Lipinski definition) is 1. The minimum atomic E-state index is -0.275. The van der Waals surface area contributed by atoms with Gasteiger partial charge in [0.15, 0.2) is 0 Å². The highest BCUT2D eigenvalue weighted by Crippen LogP contribution is 2.25. The van der Waals surface area contributed by atoms with Crippen LogP contribution in [0.5, 0.6) is 5.75 Å². The summed E-state index contributed by atoms with van der Waals surface area (Å²) in [5, 5.41) is 7.80. The first-order valence-electron chi connectivity index (χ1n) is 10.7. The Hall–Kier alpha value is -3.64. The molecule has 1 unspecified atom stereocenters. The van der Waals surface area contributed by atoms with Gasteiger partial charge >= 0.3 is 0 Å². The van der Waals surface area contributed by atoms with E-state index >= 15 is 0 Å². The maximum Gasteiger partial charge on any atom is 0.226 e. The second-order valence-corrected chi connectivity index (χ2v) is 8.00. The Labute approximate surface area is 197 Å². The van der Waals surface area contributed by atoms with Crippen LogP contribution in [0.4, 0.5) is 0 Å². The number of nitrogens with one attached hydrogen (secondary N) is 1. The first kappa shape index (κ1) is 22.6. The second-order valence-electron chi connectivity index (χ2n) is 7.56. The maximum absolute atomic E-state index is 12.7. The van der Waals surface area contributed by atoms with E-state index in [2.05, 4.69) is 15.5 Å². The number of hydrogen-bond acceptors (Lipinski definition) is 5. The number of amides is 1. The molecule has 0 fully saturated rings. The fourth-order valence-corrected chi connectivity index (χ4v) is 3.74. The Morgan fingerprint density at radius 3 is 2.52 bits per heavy atom. The summed E-state index contributed by atoms with van der Waals surface area (Å²) in [6, 6.07) is 24.5. The Bertz CT molecular complexity index is 1190. The first-order chi connectivity index (χ1) is 16.1. The monoisotopic (exact) mass is 461 g/mol. The van der Waals surface area contributed by atoms with Gasteiger partial charge in [-0.15, -0.1) is 0 Å². The quantitative estimate of drug-likeness (QED) is 0.349. The SMILES string of the molecule is COc1ccc(-c2noc(CCCC(=O)NC(c3ccccc3)c3cccc(Cl)c3)n2)cc1. The number of benzene rings is 3. The van der Waals surface area contributed by atoms with Crippen LogP contribution in [0.15, 0.2) is 83.4 Å². The Morgan fingerprint density at radius 1 is 1.03 bits per heavy atom. The van der Waals surface area contributed by atoms with Crippen molar-refractivity contribution >= 4 is 17.5 Å². The number of ether oxygens (including phenoxy) is 1. The molecule has 4 rings (SSSR count). The van der Waals surface area contributed by atoms with Gasteiger partial charge in [-0.25, -0.2) is 0 Å². The van der Waals surface area contributed by atoms with E-state index in [0.29, 0.717) is 36.0 Å². The molecular weight excluding hydrogens is 438 g/mol. The lowest BCUT2D eigenvalue weighted by Gasteiger charge is -2.20. The number of aryl methyl sites for hydroxylation is 1. The van der Waals surface area contributed by atoms with E-state index < -0.39 is 0 Å². The van der Waals surface area contributed by atoms with Crippen LogP contribution in [0.3, 0.4) is 0 Å². The summed E-state index contributed by atoms with van der Waals surface area (Å²) < 4.78 is 10.5. The van der Waals surface area contributed by atoms with E-state index in [0.717, 1.165) is 22.4 Å². The van der Waals surface area contributed by atoms with Crippen LogP contribution in [0.25, 0.3) is 11.4 Å². The molecule has 33 heavy (non-hydrogen) atoms. The van der Waals surface area contributed by atoms with Crippen molar-refractivity contribution in [1.82, 2.24) is 15.5 Å². The molecule has 0 saturated heterocycles. The molecule has 1 aromatic heterocycles. The second kappa shape index (κ2) is 10.8. The lowest BCUT2D eigenvalue weighted by molar-refractivity contribution is -0.121. The largest absolute Gasteiger partial charge is 0.497 e. The van der Waals surface area contributed by atoms with Crippen LogP contribution in [0.2, 0.25) is 5.02 Å². The third-order valence-electron chi connectivity index (χ3n) is 5.23. The molecular formula is C26H24ClN3O3. The van der Waals surface area contributed by atoms with Crippen LogP contribution >= 0.6 is 11.6 Å². The molecule has 1 heterocycles. The van der Waals surface area contributed by atoms with Gasteiger partial charge in [-0.1, -0.05) is 59.2 Å². The van der Waals surface area contributed by atoms with Crippen molar-refractivity contribution in [2.45, 2.75) is 25.3 Å². The first-order valence-corrected chi connectivity index (χ1v) is 11.1. The average Bonchev–Trinajstić information content (AvgIpc) is 3.32. The van der Waals surface area contributed by atoms with Gasteiger partial charge in [0.05, 0.1) is 13.2 Å². The van der Waals surface area contributed by atoms with Gasteiger partial charge in [0.25, 0.3) is 0 Å². The molecule has 4 aromatic rings.